The molecule has 0 aliphatic carbocycles. The Morgan fingerprint density at radius 3 is 2.95 bits per heavy atom. The fourth-order valence-corrected chi connectivity index (χ4v) is 3.55. The number of aromatic nitrogens is 1. The standard InChI is InChI=1S/C14H23N3OS/c1-10(2)18-12-6-11(7-16-8-12)14(15)13-9-19-5-4-17(13)3/h6-8,10,13-14H,4-5,9,15H2,1-3H3. The maximum atomic E-state index is 6.41. The lowest BCUT2D eigenvalue weighted by molar-refractivity contribution is 0.232. The van der Waals surface area contributed by atoms with E-state index < -0.39 is 0 Å². The third kappa shape index (κ3) is 3.84. The normalized spacial score (nSPS) is 22.5. The summed E-state index contributed by atoms with van der Waals surface area (Å²) in [5.74, 6) is 3.07. The minimum atomic E-state index is -0.0130. The van der Waals surface area contributed by atoms with Crippen LogP contribution in [0.4, 0.5) is 0 Å². The molecule has 5 heteroatoms. The lowest BCUT2D eigenvalue weighted by Gasteiger charge is -2.36. The van der Waals surface area contributed by atoms with E-state index in [2.05, 4.69) is 16.9 Å². The van der Waals surface area contributed by atoms with Crippen LogP contribution in [0.1, 0.15) is 25.5 Å². The fraction of sp³-hybridized carbons (Fsp3) is 0.643. The molecule has 1 aromatic rings. The monoisotopic (exact) mass is 281 g/mol. The van der Waals surface area contributed by atoms with E-state index in [0.29, 0.717) is 6.04 Å². The number of likely N-dealkylation sites (N-methyl/N-ethyl adjacent to an activating group) is 1. The number of ether oxygens (including phenoxy) is 1. The lowest BCUT2D eigenvalue weighted by Crippen LogP contribution is -2.46. The number of thioether (sulfide) groups is 1. The second-order valence-corrected chi connectivity index (χ2v) is 6.42. The second kappa shape index (κ2) is 6.59. The first-order valence-electron chi connectivity index (χ1n) is 6.73. The number of rotatable bonds is 4. The molecule has 0 bridgehead atoms. The number of hydrogen-bond acceptors (Lipinski definition) is 5. The maximum Gasteiger partial charge on any atom is 0.138 e. The minimum absolute atomic E-state index is 0.0130. The van der Waals surface area contributed by atoms with Crippen molar-refractivity contribution in [1.29, 1.82) is 0 Å². The molecule has 0 saturated carbocycles. The van der Waals surface area contributed by atoms with Gasteiger partial charge in [-0.1, -0.05) is 0 Å². The van der Waals surface area contributed by atoms with Crippen molar-refractivity contribution in [2.75, 3.05) is 25.1 Å². The van der Waals surface area contributed by atoms with E-state index in [4.69, 9.17) is 10.5 Å². The quantitative estimate of drug-likeness (QED) is 0.913. The van der Waals surface area contributed by atoms with Crippen LogP contribution in [0.5, 0.6) is 5.75 Å². The van der Waals surface area contributed by atoms with E-state index in [9.17, 15) is 0 Å². The zero-order valence-electron chi connectivity index (χ0n) is 11.9. The zero-order chi connectivity index (χ0) is 13.8. The summed E-state index contributed by atoms with van der Waals surface area (Å²) in [6, 6.07) is 2.38. The summed E-state index contributed by atoms with van der Waals surface area (Å²) >= 11 is 1.97. The van der Waals surface area contributed by atoms with Gasteiger partial charge >= 0.3 is 0 Å². The molecule has 0 radical (unpaired) electrons. The number of nitrogens with zero attached hydrogens (tertiary/aromatic N) is 2. The molecule has 1 aliphatic rings. The summed E-state index contributed by atoms with van der Waals surface area (Å²) in [5.41, 5.74) is 7.46. The van der Waals surface area contributed by atoms with Gasteiger partial charge in [-0.3, -0.25) is 9.88 Å². The molecule has 1 fully saturated rings. The smallest absolute Gasteiger partial charge is 0.138 e. The first-order valence-corrected chi connectivity index (χ1v) is 7.88. The van der Waals surface area contributed by atoms with Crippen molar-refractivity contribution in [3.8, 4) is 5.75 Å². The fourth-order valence-electron chi connectivity index (χ4n) is 2.26. The average Bonchev–Trinajstić information content (AvgIpc) is 2.38. The number of hydrogen-bond donors (Lipinski definition) is 1. The van der Waals surface area contributed by atoms with Gasteiger partial charge in [-0.2, -0.15) is 11.8 Å². The zero-order valence-corrected chi connectivity index (χ0v) is 12.7. The van der Waals surface area contributed by atoms with Crippen molar-refractivity contribution in [3.63, 3.8) is 0 Å². The third-order valence-electron chi connectivity index (χ3n) is 3.35. The maximum absolute atomic E-state index is 6.41. The summed E-state index contributed by atoms with van der Waals surface area (Å²) in [7, 11) is 2.14. The molecule has 2 N–H and O–H groups in total. The van der Waals surface area contributed by atoms with Crippen LogP contribution in [0.15, 0.2) is 18.5 Å². The van der Waals surface area contributed by atoms with E-state index in [1.807, 2.05) is 37.9 Å². The minimum Gasteiger partial charge on any atom is -0.489 e. The number of nitrogens with two attached hydrogens (primary N) is 1. The van der Waals surface area contributed by atoms with Crippen LogP contribution in [-0.4, -0.2) is 47.1 Å². The van der Waals surface area contributed by atoms with Gasteiger partial charge in [0, 0.05) is 36.3 Å². The molecule has 106 valence electrons. The van der Waals surface area contributed by atoms with Crippen LogP contribution >= 0.6 is 11.8 Å². The summed E-state index contributed by atoms with van der Waals surface area (Å²) in [4.78, 5) is 6.59. The predicted molar refractivity (Wildman–Crippen MR) is 80.7 cm³/mol. The Kier molecular flexibility index (Phi) is 5.07. The number of pyridine rings is 1. The van der Waals surface area contributed by atoms with Crippen LogP contribution in [0, 0.1) is 0 Å². The highest BCUT2D eigenvalue weighted by atomic mass is 32.2. The van der Waals surface area contributed by atoms with Gasteiger partial charge in [0.05, 0.1) is 12.3 Å². The van der Waals surface area contributed by atoms with Crippen molar-refractivity contribution in [2.24, 2.45) is 5.73 Å². The highest BCUT2D eigenvalue weighted by Gasteiger charge is 2.26. The molecule has 0 amide bonds. The highest BCUT2D eigenvalue weighted by molar-refractivity contribution is 7.99. The first-order chi connectivity index (χ1) is 9.08. The summed E-state index contributed by atoms with van der Waals surface area (Å²) in [6.07, 6.45) is 3.75. The van der Waals surface area contributed by atoms with Crippen molar-refractivity contribution in [1.82, 2.24) is 9.88 Å². The average molecular weight is 281 g/mol. The van der Waals surface area contributed by atoms with Gasteiger partial charge in [0.25, 0.3) is 0 Å². The predicted octanol–water partition coefficient (Wildman–Crippen LogP) is 1.92. The van der Waals surface area contributed by atoms with Gasteiger partial charge in [-0.05, 0) is 32.5 Å². The Hall–Kier alpha value is -0.780. The molecular formula is C14H23N3OS. The summed E-state index contributed by atoms with van der Waals surface area (Å²) < 4.78 is 5.68. The molecular weight excluding hydrogens is 258 g/mol. The van der Waals surface area contributed by atoms with E-state index in [1.165, 1.54) is 5.75 Å². The van der Waals surface area contributed by atoms with E-state index >= 15 is 0 Å². The molecule has 2 heterocycles. The Balaban J connectivity index is 2.11. The Morgan fingerprint density at radius 2 is 2.26 bits per heavy atom. The van der Waals surface area contributed by atoms with Gasteiger partial charge in [-0.25, -0.2) is 0 Å². The summed E-state index contributed by atoms with van der Waals surface area (Å²) in [5, 5.41) is 0. The van der Waals surface area contributed by atoms with Gasteiger partial charge in [0.2, 0.25) is 0 Å². The largest absolute Gasteiger partial charge is 0.489 e. The third-order valence-corrected chi connectivity index (χ3v) is 4.40. The van der Waals surface area contributed by atoms with Crippen LogP contribution in [0.25, 0.3) is 0 Å². The van der Waals surface area contributed by atoms with Gasteiger partial charge < -0.3 is 10.5 Å². The molecule has 4 nitrogen and oxygen atoms in total. The lowest BCUT2D eigenvalue weighted by atomic mass is 10.0. The Morgan fingerprint density at radius 1 is 1.47 bits per heavy atom. The van der Waals surface area contributed by atoms with Gasteiger partial charge in [0.1, 0.15) is 5.75 Å². The molecule has 0 spiro atoms. The van der Waals surface area contributed by atoms with Gasteiger partial charge in [0.15, 0.2) is 0 Å². The van der Waals surface area contributed by atoms with Crippen LogP contribution in [0.2, 0.25) is 0 Å². The van der Waals surface area contributed by atoms with Crippen LogP contribution in [0.3, 0.4) is 0 Å². The SMILES string of the molecule is CC(C)Oc1cncc(C(N)C2CSCCN2C)c1. The summed E-state index contributed by atoms with van der Waals surface area (Å²) in [6.45, 7) is 5.12. The molecule has 19 heavy (non-hydrogen) atoms. The van der Waals surface area contributed by atoms with Crippen molar-refractivity contribution in [3.05, 3.63) is 24.0 Å². The van der Waals surface area contributed by atoms with Crippen LogP contribution < -0.4 is 10.5 Å². The van der Waals surface area contributed by atoms with E-state index in [0.717, 1.165) is 23.6 Å². The van der Waals surface area contributed by atoms with Gasteiger partial charge in [-0.15, -0.1) is 0 Å². The molecule has 1 saturated heterocycles. The molecule has 1 aliphatic heterocycles. The molecule has 2 unspecified atom stereocenters. The second-order valence-electron chi connectivity index (χ2n) is 5.27. The molecule has 1 aromatic heterocycles. The highest BCUT2D eigenvalue weighted by Crippen LogP contribution is 2.26. The Labute approximate surface area is 119 Å². The topological polar surface area (TPSA) is 51.4 Å². The van der Waals surface area contributed by atoms with Crippen molar-refractivity contribution in [2.45, 2.75) is 32.0 Å². The van der Waals surface area contributed by atoms with E-state index in [-0.39, 0.29) is 12.1 Å². The van der Waals surface area contributed by atoms with Crippen molar-refractivity contribution < 1.29 is 4.74 Å². The first kappa shape index (κ1) is 14.6. The molecule has 0 aromatic carbocycles. The van der Waals surface area contributed by atoms with Crippen molar-refractivity contribution >= 4 is 11.8 Å². The molecule has 2 atom stereocenters. The molecule has 2 rings (SSSR count). The Bertz CT molecular complexity index is 413. The van der Waals surface area contributed by atoms with Crippen LogP contribution in [-0.2, 0) is 0 Å². The van der Waals surface area contributed by atoms with E-state index in [1.54, 1.807) is 6.20 Å².